The van der Waals surface area contributed by atoms with Crippen LogP contribution in [0.2, 0.25) is 0 Å². The molecule has 3 heteroatoms. The predicted octanol–water partition coefficient (Wildman–Crippen LogP) is -0.730. The van der Waals surface area contributed by atoms with Gasteiger partial charge in [-0.2, -0.15) is 0 Å². The summed E-state index contributed by atoms with van der Waals surface area (Å²) < 4.78 is -0.204. The zero-order valence-corrected chi connectivity index (χ0v) is 4.72. The summed E-state index contributed by atoms with van der Waals surface area (Å²) in [6, 6.07) is 0. The Hall–Kier alpha value is -0.141. The summed E-state index contributed by atoms with van der Waals surface area (Å²) in [6.45, 7) is 0. The molecule has 0 spiro atoms. The molecule has 0 amide bonds. The fraction of sp³-hybridized carbons (Fsp3) is 0.333. The van der Waals surface area contributed by atoms with Crippen molar-refractivity contribution in [3.63, 3.8) is 0 Å². The second kappa shape index (κ2) is 3.07. The van der Waals surface area contributed by atoms with Crippen molar-refractivity contribution in [2.45, 2.75) is 6.42 Å². The van der Waals surface area contributed by atoms with Crippen LogP contribution >= 0.6 is 0 Å². The molecule has 2 nitrogen and oxygen atoms in total. The van der Waals surface area contributed by atoms with Gasteiger partial charge in [-0.1, -0.05) is 0 Å². The average Bonchev–Trinajstić information content (AvgIpc) is 1.35. The zero-order valence-electron chi connectivity index (χ0n) is 3.01. The second-order valence-corrected chi connectivity index (χ2v) is 1.70. The van der Waals surface area contributed by atoms with Crippen LogP contribution in [0.3, 0.4) is 0 Å². The molecule has 0 aromatic carbocycles. The zero-order chi connectivity index (χ0) is 4.99. The van der Waals surface area contributed by atoms with Gasteiger partial charge in [-0.3, -0.25) is 0 Å². The van der Waals surface area contributed by atoms with Gasteiger partial charge < -0.3 is 0 Å². The Bertz CT molecular complexity index is 69.2. The molecule has 0 saturated heterocycles. The van der Waals surface area contributed by atoms with Crippen molar-refractivity contribution in [3.8, 4) is 0 Å². The monoisotopic (exact) mass is 151 g/mol. The van der Waals surface area contributed by atoms with Gasteiger partial charge in [-0.15, -0.1) is 0 Å². The van der Waals surface area contributed by atoms with Gasteiger partial charge in [0.2, 0.25) is 0 Å². The minimum atomic E-state index is -0.204. The summed E-state index contributed by atoms with van der Waals surface area (Å²) in [5.41, 5.74) is 0. The van der Waals surface area contributed by atoms with E-state index in [2.05, 4.69) is 16.0 Å². The topological polar surface area (TPSA) is 34.1 Å². The van der Waals surface area contributed by atoms with Gasteiger partial charge in [0.05, 0.1) is 0 Å². The SMILES string of the molecule is O=CCC(=O)[Se-]. The van der Waals surface area contributed by atoms with Crippen molar-refractivity contribution in [1.29, 1.82) is 0 Å². The van der Waals surface area contributed by atoms with Gasteiger partial charge >= 0.3 is 43.0 Å². The Morgan fingerprint density at radius 2 is 2.33 bits per heavy atom. The minimum absolute atomic E-state index is 0.000000000000000222. The molecule has 0 rings (SSSR count). The molecule has 0 aliphatic rings. The first kappa shape index (κ1) is 5.86. The molecule has 0 bridgehead atoms. The number of hydrogen-bond donors (Lipinski definition) is 0. The van der Waals surface area contributed by atoms with E-state index in [4.69, 9.17) is 0 Å². The quantitative estimate of drug-likeness (QED) is 0.295. The van der Waals surface area contributed by atoms with Crippen LogP contribution in [-0.2, 0) is 9.59 Å². The average molecular weight is 150 g/mol. The van der Waals surface area contributed by atoms with Crippen LogP contribution < -0.4 is 0 Å². The summed E-state index contributed by atoms with van der Waals surface area (Å²) in [5.74, 6) is 0. The maximum absolute atomic E-state index is 9.76. The molecule has 0 unspecified atom stereocenters. The summed E-state index contributed by atoms with van der Waals surface area (Å²) in [6.07, 6.45) is 0.568. The molecule has 0 atom stereocenters. The molecule has 0 saturated carbocycles. The van der Waals surface area contributed by atoms with Gasteiger partial charge in [0, 0.05) is 0 Å². The van der Waals surface area contributed by atoms with Gasteiger partial charge in [0.1, 0.15) is 0 Å². The fourth-order valence-electron chi connectivity index (χ4n) is 0.0680. The third-order valence-electron chi connectivity index (χ3n) is 0.250. The summed E-state index contributed by atoms with van der Waals surface area (Å²) in [5, 5.41) is 0. The van der Waals surface area contributed by atoms with Crippen LogP contribution in [0.25, 0.3) is 0 Å². The summed E-state index contributed by atoms with van der Waals surface area (Å²) in [4.78, 5) is 19.1. The molecule has 0 fully saturated rings. The molecule has 0 radical (unpaired) electrons. The van der Waals surface area contributed by atoms with Crippen LogP contribution in [0.4, 0.5) is 0 Å². The Kier molecular flexibility index (Phi) is 2.99. The molecular weight excluding hydrogens is 147 g/mol. The molecule has 0 aromatic heterocycles. The van der Waals surface area contributed by atoms with Crippen LogP contribution in [-0.4, -0.2) is 27.0 Å². The first-order chi connectivity index (χ1) is 2.77. The van der Waals surface area contributed by atoms with E-state index in [-0.39, 0.29) is 11.1 Å². The number of carbonyl (C=O) groups excluding carboxylic acids is 2. The van der Waals surface area contributed by atoms with Gasteiger partial charge in [0.25, 0.3) is 0 Å². The second-order valence-electron chi connectivity index (χ2n) is 0.743. The summed E-state index contributed by atoms with van der Waals surface area (Å²) in [7, 11) is 0. The maximum atomic E-state index is 9.76. The molecule has 34 valence electrons. The number of carbonyl (C=O) groups is 2. The van der Waals surface area contributed by atoms with Crippen molar-refractivity contribution in [2.24, 2.45) is 0 Å². The molecule has 0 aliphatic heterocycles. The van der Waals surface area contributed by atoms with Crippen LogP contribution in [0, 0.1) is 0 Å². The molecule has 0 aromatic rings. The van der Waals surface area contributed by atoms with Crippen LogP contribution in [0.5, 0.6) is 0 Å². The third kappa shape index (κ3) is 3.86. The van der Waals surface area contributed by atoms with E-state index in [1.807, 2.05) is 0 Å². The van der Waals surface area contributed by atoms with Crippen LogP contribution in [0.15, 0.2) is 0 Å². The van der Waals surface area contributed by atoms with Gasteiger partial charge in [0.15, 0.2) is 0 Å². The normalized spacial score (nSPS) is 7.33. The first-order valence-corrected chi connectivity index (χ1v) is 2.26. The Balaban J connectivity index is 3.05. The Morgan fingerprint density at radius 1 is 1.83 bits per heavy atom. The number of rotatable bonds is 2. The van der Waals surface area contributed by atoms with Crippen molar-refractivity contribution < 1.29 is 9.59 Å². The molecule has 0 N–H and O–H groups in total. The van der Waals surface area contributed by atoms with E-state index < -0.39 is 0 Å². The van der Waals surface area contributed by atoms with Crippen molar-refractivity contribution in [1.82, 2.24) is 0 Å². The van der Waals surface area contributed by atoms with Crippen molar-refractivity contribution in [3.05, 3.63) is 0 Å². The van der Waals surface area contributed by atoms with E-state index in [0.29, 0.717) is 6.29 Å². The van der Waals surface area contributed by atoms with Crippen LogP contribution in [0.1, 0.15) is 6.42 Å². The van der Waals surface area contributed by atoms with E-state index >= 15 is 0 Å². The van der Waals surface area contributed by atoms with Gasteiger partial charge in [-0.05, 0) is 0 Å². The standard InChI is InChI=1S/C3H4O2Se/c4-2-1-3(5)6/h2H,1H2,(H,5,6)/p-1. The Morgan fingerprint density at radius 3 is 2.33 bits per heavy atom. The van der Waals surface area contributed by atoms with E-state index in [9.17, 15) is 9.59 Å². The fourth-order valence-corrected chi connectivity index (χ4v) is 0.211. The first-order valence-electron chi connectivity index (χ1n) is 1.41. The Labute approximate surface area is 43.7 Å². The predicted molar refractivity (Wildman–Crippen MR) is 21.4 cm³/mol. The van der Waals surface area contributed by atoms with Crippen molar-refractivity contribution in [2.75, 3.05) is 0 Å². The third-order valence-corrected chi connectivity index (χ3v) is 0.600. The van der Waals surface area contributed by atoms with Gasteiger partial charge in [-0.25, -0.2) is 0 Å². The number of aldehydes is 1. The van der Waals surface area contributed by atoms with E-state index in [1.165, 1.54) is 0 Å². The summed E-state index contributed by atoms with van der Waals surface area (Å²) >= 11 is 2.17. The van der Waals surface area contributed by atoms with Crippen molar-refractivity contribution >= 4 is 27.0 Å². The van der Waals surface area contributed by atoms with E-state index in [0.717, 1.165) is 0 Å². The molecule has 0 heterocycles. The molecule has 0 aliphatic carbocycles. The number of hydrogen-bond acceptors (Lipinski definition) is 2. The molecule has 6 heavy (non-hydrogen) atoms. The molecular formula is C3H3O2Se-. The van der Waals surface area contributed by atoms with E-state index in [1.54, 1.807) is 0 Å².